The monoisotopic (exact) mass is 660 g/mol. The molecule has 2 aromatic carbocycles. The molecule has 0 aliphatic carbocycles. The standard InChI is InChI=1S/C34H44S3Si4/c1-26(2)35-20-21-39(6,7)31-24-29-33(36-31)34-30(25-32(37-34)40(8,9)23-22-38(3,4)5)41(29,27-16-12-10-13-17-27)28-18-14-11-15-19-28/h10-26H,1-9H3/b21-20+,23-22+. The summed E-state index contributed by atoms with van der Waals surface area (Å²) in [5.74, 6) is 0. The highest BCUT2D eigenvalue weighted by molar-refractivity contribution is 8.02. The zero-order valence-electron chi connectivity index (χ0n) is 26.0. The number of benzene rings is 2. The van der Waals surface area contributed by atoms with Crippen LogP contribution in [0.25, 0.3) is 9.75 Å². The Morgan fingerprint density at radius 2 is 1.07 bits per heavy atom. The lowest BCUT2D eigenvalue weighted by Crippen LogP contribution is -2.73. The first-order valence-electron chi connectivity index (χ1n) is 14.7. The number of hydrogen-bond donors (Lipinski definition) is 0. The van der Waals surface area contributed by atoms with E-state index in [0.29, 0.717) is 5.25 Å². The maximum absolute atomic E-state index is 2.68. The van der Waals surface area contributed by atoms with Gasteiger partial charge < -0.3 is 0 Å². The Balaban J connectivity index is 1.78. The molecule has 2 aromatic heterocycles. The zero-order valence-corrected chi connectivity index (χ0v) is 32.5. The lowest BCUT2D eigenvalue weighted by atomic mass is 10.4. The van der Waals surface area contributed by atoms with Gasteiger partial charge in [-0.05, 0) is 35.2 Å². The number of hydrogen-bond acceptors (Lipinski definition) is 3. The van der Waals surface area contributed by atoms with Crippen LogP contribution in [0.3, 0.4) is 0 Å². The van der Waals surface area contributed by atoms with Gasteiger partial charge >= 0.3 is 0 Å². The van der Waals surface area contributed by atoms with Crippen molar-refractivity contribution in [3.05, 3.63) is 95.3 Å². The molecule has 41 heavy (non-hydrogen) atoms. The SMILES string of the molecule is CC(C)S/C=C/[Si](C)(C)c1cc2c(s1)-c1sc([Si](C)(C)/C=C/[Si](C)(C)C)cc1[Si]2(c1ccccc1)c1ccccc1. The molecular weight excluding hydrogens is 617 g/mol. The van der Waals surface area contributed by atoms with Crippen LogP contribution in [-0.4, -0.2) is 37.5 Å². The van der Waals surface area contributed by atoms with E-state index in [1.807, 2.05) is 11.8 Å². The van der Waals surface area contributed by atoms with Crippen LogP contribution in [0, 0.1) is 0 Å². The molecule has 0 saturated heterocycles. The van der Waals surface area contributed by atoms with Crippen molar-refractivity contribution < 1.29 is 0 Å². The van der Waals surface area contributed by atoms with E-state index < -0.39 is 32.3 Å². The van der Waals surface area contributed by atoms with Crippen LogP contribution < -0.4 is 29.7 Å². The minimum atomic E-state index is -2.43. The molecule has 0 fully saturated rings. The number of fused-ring (bicyclic) bond motifs is 3. The predicted octanol–water partition coefficient (Wildman–Crippen LogP) is 7.17. The first-order valence-corrected chi connectivity index (χ1v) is 29.0. The Morgan fingerprint density at radius 3 is 1.49 bits per heavy atom. The predicted molar refractivity (Wildman–Crippen MR) is 203 cm³/mol. The summed E-state index contributed by atoms with van der Waals surface area (Å²) in [5.41, 5.74) is 7.79. The fraction of sp³-hybridized carbons (Fsp3) is 0.294. The Kier molecular flexibility index (Phi) is 8.73. The van der Waals surface area contributed by atoms with E-state index in [9.17, 15) is 0 Å². The second-order valence-electron chi connectivity index (χ2n) is 13.8. The van der Waals surface area contributed by atoms with Crippen LogP contribution in [0.2, 0.25) is 45.8 Å². The Labute approximate surface area is 264 Å². The number of rotatable bonds is 9. The summed E-state index contributed by atoms with van der Waals surface area (Å²) in [6.45, 7) is 22.1. The maximum atomic E-state index is 2.68. The fourth-order valence-electron chi connectivity index (χ4n) is 5.61. The highest BCUT2D eigenvalue weighted by Gasteiger charge is 2.52. The van der Waals surface area contributed by atoms with Crippen LogP contribution in [0.1, 0.15) is 13.8 Å². The van der Waals surface area contributed by atoms with Crippen molar-refractivity contribution in [1.82, 2.24) is 0 Å². The average Bonchev–Trinajstić information content (AvgIpc) is 3.60. The smallest absolute Gasteiger partial charge is 0.144 e. The number of thioether (sulfide) groups is 1. The molecule has 0 N–H and O–H groups in total. The molecule has 0 spiro atoms. The van der Waals surface area contributed by atoms with Crippen molar-refractivity contribution in [3.8, 4) is 9.75 Å². The summed E-state index contributed by atoms with van der Waals surface area (Å²) in [7, 11) is -7.17. The molecule has 3 heterocycles. The first kappa shape index (κ1) is 31.0. The molecule has 0 unspecified atom stereocenters. The van der Waals surface area contributed by atoms with Gasteiger partial charge in [0.25, 0.3) is 0 Å². The van der Waals surface area contributed by atoms with E-state index in [1.165, 1.54) is 10.4 Å². The van der Waals surface area contributed by atoms with E-state index in [2.05, 4.69) is 178 Å². The average molecular weight is 661 g/mol. The minimum absolute atomic E-state index is 0.621. The van der Waals surface area contributed by atoms with Crippen LogP contribution in [-0.2, 0) is 0 Å². The third kappa shape index (κ3) is 6.01. The maximum Gasteiger partial charge on any atom is 0.182 e. The van der Waals surface area contributed by atoms with Crippen molar-refractivity contribution in [2.75, 3.05) is 0 Å². The molecule has 0 atom stereocenters. The van der Waals surface area contributed by atoms with Gasteiger partial charge in [-0.15, -0.1) is 40.1 Å². The number of thiophene rings is 2. The quantitative estimate of drug-likeness (QED) is 0.151. The van der Waals surface area contributed by atoms with Crippen LogP contribution in [0.4, 0.5) is 0 Å². The second-order valence-corrected chi connectivity index (χ2v) is 35.6. The van der Waals surface area contributed by atoms with Crippen molar-refractivity contribution in [3.63, 3.8) is 0 Å². The van der Waals surface area contributed by atoms with Crippen molar-refractivity contribution >= 4 is 96.5 Å². The summed E-state index contributed by atoms with van der Waals surface area (Å²) < 4.78 is 3.24. The fourth-order valence-corrected chi connectivity index (χ4v) is 24.3. The summed E-state index contributed by atoms with van der Waals surface area (Å²) in [4.78, 5) is 3.13. The molecule has 1 aliphatic rings. The van der Waals surface area contributed by atoms with E-state index in [4.69, 9.17) is 0 Å². The van der Waals surface area contributed by atoms with Gasteiger partial charge in [-0.1, -0.05) is 144 Å². The van der Waals surface area contributed by atoms with Crippen molar-refractivity contribution in [1.29, 1.82) is 0 Å². The first-order chi connectivity index (χ1) is 19.3. The van der Waals surface area contributed by atoms with E-state index in [1.54, 1.807) is 29.1 Å². The van der Waals surface area contributed by atoms with E-state index >= 15 is 0 Å². The largest absolute Gasteiger partial charge is 0.182 e. The summed E-state index contributed by atoms with van der Waals surface area (Å²) in [5, 5.41) is 9.30. The highest BCUT2D eigenvalue weighted by atomic mass is 32.2. The Morgan fingerprint density at radius 1 is 0.634 bits per heavy atom. The van der Waals surface area contributed by atoms with Gasteiger partial charge in [0.15, 0.2) is 8.07 Å². The molecule has 0 nitrogen and oxygen atoms in total. The molecule has 0 radical (unpaired) electrons. The van der Waals surface area contributed by atoms with Gasteiger partial charge in [0, 0.05) is 15.0 Å². The highest BCUT2D eigenvalue weighted by Crippen LogP contribution is 2.36. The molecule has 214 valence electrons. The topological polar surface area (TPSA) is 0 Å². The van der Waals surface area contributed by atoms with Gasteiger partial charge in [0.1, 0.15) is 16.1 Å². The van der Waals surface area contributed by atoms with Gasteiger partial charge in [-0.25, -0.2) is 0 Å². The second kappa shape index (κ2) is 11.6. The lowest BCUT2D eigenvalue weighted by Gasteiger charge is -2.30. The van der Waals surface area contributed by atoms with Crippen molar-refractivity contribution in [2.45, 2.75) is 64.9 Å². The zero-order chi connectivity index (χ0) is 29.6. The molecule has 7 heteroatoms. The molecule has 0 amide bonds. The minimum Gasteiger partial charge on any atom is -0.144 e. The van der Waals surface area contributed by atoms with Crippen LogP contribution >= 0.6 is 34.4 Å². The van der Waals surface area contributed by atoms with Gasteiger partial charge in [-0.2, -0.15) is 0 Å². The lowest BCUT2D eigenvalue weighted by molar-refractivity contribution is 1.12. The molecule has 5 rings (SSSR count). The molecular formula is C34H44S3Si4. The molecule has 0 bridgehead atoms. The van der Waals surface area contributed by atoms with Crippen molar-refractivity contribution in [2.24, 2.45) is 0 Å². The van der Waals surface area contributed by atoms with Gasteiger partial charge in [0.2, 0.25) is 0 Å². The summed E-state index contributed by atoms with van der Waals surface area (Å²) >= 11 is 6.19. The summed E-state index contributed by atoms with van der Waals surface area (Å²) in [6, 6.07) is 28.4. The van der Waals surface area contributed by atoms with E-state index in [0.717, 1.165) is 0 Å². The van der Waals surface area contributed by atoms with Gasteiger partial charge in [0.05, 0.1) is 8.07 Å². The molecule has 1 aliphatic heterocycles. The van der Waals surface area contributed by atoms with Gasteiger partial charge in [-0.3, -0.25) is 0 Å². The molecule has 4 aromatic rings. The van der Waals surface area contributed by atoms with E-state index in [-0.39, 0.29) is 0 Å². The Bertz CT molecular complexity index is 1530. The normalized spacial score (nSPS) is 15.3. The molecule has 0 saturated carbocycles. The summed E-state index contributed by atoms with van der Waals surface area (Å²) in [6.07, 6.45) is 0. The van der Waals surface area contributed by atoms with Crippen LogP contribution in [0.15, 0.2) is 95.3 Å². The van der Waals surface area contributed by atoms with Crippen LogP contribution in [0.5, 0.6) is 0 Å². The Hall–Kier alpha value is -1.46. The third-order valence-corrected chi connectivity index (χ3v) is 26.4. The third-order valence-electron chi connectivity index (χ3n) is 8.00.